The molecule has 0 N–H and O–H groups in total. The fourth-order valence-corrected chi connectivity index (χ4v) is 2.05. The van der Waals surface area contributed by atoms with E-state index in [1.165, 1.54) is 0 Å². The number of halogens is 1. The standard InChI is InChI=1S/C10H15BrN2O/c1-4-8(7(2)11)9-5-12-6-10(13-9)14-3/h5-8H,4H2,1-3H3. The van der Waals surface area contributed by atoms with Crippen LogP contribution in [-0.2, 0) is 0 Å². The second-order valence-electron chi connectivity index (χ2n) is 3.18. The summed E-state index contributed by atoms with van der Waals surface area (Å²) in [6.45, 7) is 4.26. The van der Waals surface area contributed by atoms with Gasteiger partial charge in [0.15, 0.2) is 0 Å². The second-order valence-corrected chi connectivity index (χ2v) is 4.62. The molecule has 0 fully saturated rings. The first-order valence-electron chi connectivity index (χ1n) is 4.69. The molecule has 0 saturated heterocycles. The molecular formula is C10H15BrN2O. The Morgan fingerprint density at radius 2 is 2.21 bits per heavy atom. The van der Waals surface area contributed by atoms with E-state index in [0.717, 1.165) is 12.1 Å². The summed E-state index contributed by atoms with van der Waals surface area (Å²) in [4.78, 5) is 8.86. The van der Waals surface area contributed by atoms with Crippen molar-refractivity contribution in [3.8, 4) is 5.88 Å². The Kier molecular flexibility index (Phi) is 4.32. The monoisotopic (exact) mass is 258 g/mol. The molecule has 1 aromatic rings. The molecule has 0 aromatic carbocycles. The maximum atomic E-state index is 5.04. The van der Waals surface area contributed by atoms with Crippen LogP contribution in [0.25, 0.3) is 0 Å². The Bertz CT molecular complexity index is 291. The Balaban J connectivity index is 2.92. The van der Waals surface area contributed by atoms with Crippen LogP contribution in [-0.4, -0.2) is 21.9 Å². The zero-order valence-electron chi connectivity index (χ0n) is 8.70. The Labute approximate surface area is 93.0 Å². The zero-order valence-corrected chi connectivity index (χ0v) is 10.3. The smallest absolute Gasteiger partial charge is 0.232 e. The van der Waals surface area contributed by atoms with Crippen LogP contribution in [0, 0.1) is 0 Å². The summed E-state index contributed by atoms with van der Waals surface area (Å²) in [7, 11) is 1.60. The molecule has 2 atom stereocenters. The van der Waals surface area contributed by atoms with E-state index in [1.54, 1.807) is 19.5 Å². The van der Waals surface area contributed by atoms with Crippen molar-refractivity contribution in [3.05, 3.63) is 18.1 Å². The summed E-state index contributed by atoms with van der Waals surface area (Å²) < 4.78 is 5.04. The van der Waals surface area contributed by atoms with Crippen molar-refractivity contribution in [1.29, 1.82) is 0 Å². The van der Waals surface area contributed by atoms with Crippen molar-refractivity contribution in [2.75, 3.05) is 7.11 Å². The number of methoxy groups -OCH3 is 1. The van der Waals surface area contributed by atoms with Gasteiger partial charge in [0.2, 0.25) is 5.88 Å². The van der Waals surface area contributed by atoms with Gasteiger partial charge in [-0.3, -0.25) is 4.98 Å². The second kappa shape index (κ2) is 5.29. The van der Waals surface area contributed by atoms with Gasteiger partial charge in [-0.1, -0.05) is 29.8 Å². The van der Waals surface area contributed by atoms with E-state index in [4.69, 9.17) is 4.74 Å². The summed E-state index contributed by atoms with van der Waals surface area (Å²) >= 11 is 3.58. The molecule has 78 valence electrons. The van der Waals surface area contributed by atoms with Gasteiger partial charge >= 0.3 is 0 Å². The van der Waals surface area contributed by atoms with Crippen molar-refractivity contribution in [3.63, 3.8) is 0 Å². The fraction of sp³-hybridized carbons (Fsp3) is 0.600. The molecule has 0 radical (unpaired) electrons. The molecule has 4 heteroatoms. The molecular weight excluding hydrogens is 244 g/mol. The van der Waals surface area contributed by atoms with Crippen molar-refractivity contribution < 1.29 is 4.74 Å². The van der Waals surface area contributed by atoms with Crippen LogP contribution in [0.1, 0.15) is 31.9 Å². The van der Waals surface area contributed by atoms with E-state index in [0.29, 0.717) is 16.6 Å². The van der Waals surface area contributed by atoms with Crippen molar-refractivity contribution >= 4 is 15.9 Å². The molecule has 0 amide bonds. The van der Waals surface area contributed by atoms with E-state index in [9.17, 15) is 0 Å². The van der Waals surface area contributed by atoms with Gasteiger partial charge in [0.05, 0.1) is 19.0 Å². The first-order chi connectivity index (χ1) is 6.69. The van der Waals surface area contributed by atoms with Gasteiger partial charge in [-0.2, -0.15) is 0 Å². The van der Waals surface area contributed by atoms with Gasteiger partial charge in [-0.15, -0.1) is 0 Å². The number of alkyl halides is 1. The van der Waals surface area contributed by atoms with E-state index in [2.05, 4.69) is 39.7 Å². The molecule has 0 bridgehead atoms. The Hall–Kier alpha value is -0.640. The lowest BCUT2D eigenvalue weighted by Crippen LogP contribution is -2.10. The topological polar surface area (TPSA) is 35.0 Å². The van der Waals surface area contributed by atoms with Crippen LogP contribution in [0.3, 0.4) is 0 Å². The minimum atomic E-state index is 0.387. The van der Waals surface area contributed by atoms with Crippen molar-refractivity contribution in [2.45, 2.75) is 31.0 Å². The van der Waals surface area contributed by atoms with E-state index in [1.807, 2.05) is 0 Å². The summed E-state index contributed by atoms with van der Waals surface area (Å²) in [5.41, 5.74) is 0.983. The quantitative estimate of drug-likeness (QED) is 0.780. The van der Waals surface area contributed by atoms with E-state index < -0.39 is 0 Å². The number of hydrogen-bond donors (Lipinski definition) is 0. The molecule has 1 heterocycles. The maximum absolute atomic E-state index is 5.04. The van der Waals surface area contributed by atoms with Crippen LogP contribution in [0.2, 0.25) is 0 Å². The highest BCUT2D eigenvalue weighted by Crippen LogP contribution is 2.26. The summed E-state index contributed by atoms with van der Waals surface area (Å²) in [6.07, 6.45) is 4.46. The predicted octanol–water partition coefficient (Wildman–Crippen LogP) is 2.76. The molecule has 0 aliphatic rings. The fourth-order valence-electron chi connectivity index (χ4n) is 1.41. The van der Waals surface area contributed by atoms with E-state index >= 15 is 0 Å². The van der Waals surface area contributed by atoms with Crippen molar-refractivity contribution in [2.24, 2.45) is 0 Å². The first kappa shape index (κ1) is 11.4. The van der Waals surface area contributed by atoms with Gasteiger partial charge in [-0.25, -0.2) is 4.98 Å². The van der Waals surface area contributed by atoms with Gasteiger partial charge in [0, 0.05) is 16.9 Å². The maximum Gasteiger partial charge on any atom is 0.232 e. The lowest BCUT2D eigenvalue weighted by atomic mass is 10.00. The minimum absolute atomic E-state index is 0.387. The Morgan fingerprint density at radius 1 is 1.50 bits per heavy atom. The average Bonchev–Trinajstić information content (AvgIpc) is 2.19. The summed E-state index contributed by atoms with van der Waals surface area (Å²) in [6, 6.07) is 0. The lowest BCUT2D eigenvalue weighted by Gasteiger charge is -2.16. The molecule has 0 saturated carbocycles. The van der Waals surface area contributed by atoms with Crippen LogP contribution in [0.5, 0.6) is 5.88 Å². The van der Waals surface area contributed by atoms with Crippen LogP contribution in [0.4, 0.5) is 0 Å². The number of ether oxygens (including phenoxy) is 1. The highest BCUT2D eigenvalue weighted by atomic mass is 79.9. The predicted molar refractivity (Wildman–Crippen MR) is 60.0 cm³/mol. The molecule has 1 rings (SSSR count). The average molecular weight is 259 g/mol. The third-order valence-corrected chi connectivity index (χ3v) is 2.85. The van der Waals surface area contributed by atoms with E-state index in [-0.39, 0.29) is 0 Å². The highest BCUT2D eigenvalue weighted by Gasteiger charge is 2.17. The summed E-state index contributed by atoms with van der Waals surface area (Å²) in [5, 5.41) is 0. The molecule has 0 aliphatic heterocycles. The number of nitrogens with zero attached hydrogens (tertiary/aromatic N) is 2. The normalized spacial score (nSPS) is 14.9. The molecule has 1 aromatic heterocycles. The molecule has 0 aliphatic carbocycles. The highest BCUT2D eigenvalue weighted by molar-refractivity contribution is 9.09. The van der Waals surface area contributed by atoms with Gasteiger partial charge in [-0.05, 0) is 6.42 Å². The third kappa shape index (κ3) is 2.67. The minimum Gasteiger partial charge on any atom is -0.480 e. The third-order valence-electron chi connectivity index (χ3n) is 2.21. The number of hydrogen-bond acceptors (Lipinski definition) is 3. The summed E-state index contributed by atoms with van der Waals surface area (Å²) in [5.74, 6) is 0.965. The van der Waals surface area contributed by atoms with Gasteiger partial charge in [0.25, 0.3) is 0 Å². The number of aromatic nitrogens is 2. The van der Waals surface area contributed by atoms with Crippen molar-refractivity contribution in [1.82, 2.24) is 9.97 Å². The van der Waals surface area contributed by atoms with Crippen LogP contribution < -0.4 is 4.74 Å². The Morgan fingerprint density at radius 3 is 2.71 bits per heavy atom. The van der Waals surface area contributed by atoms with Gasteiger partial charge < -0.3 is 4.74 Å². The first-order valence-corrected chi connectivity index (χ1v) is 5.60. The molecule has 2 unspecified atom stereocenters. The van der Waals surface area contributed by atoms with Gasteiger partial charge in [0.1, 0.15) is 0 Å². The largest absolute Gasteiger partial charge is 0.480 e. The molecule has 3 nitrogen and oxygen atoms in total. The zero-order chi connectivity index (χ0) is 10.6. The lowest BCUT2D eigenvalue weighted by molar-refractivity contribution is 0.392. The SMILES string of the molecule is CCC(c1cncc(OC)n1)C(C)Br. The number of rotatable bonds is 4. The molecule has 14 heavy (non-hydrogen) atoms. The molecule has 0 spiro atoms. The van der Waals surface area contributed by atoms with Crippen LogP contribution in [0.15, 0.2) is 12.4 Å². The van der Waals surface area contributed by atoms with Crippen LogP contribution >= 0.6 is 15.9 Å².